The largest absolute Gasteiger partial charge is 0.342 e. The number of thiocarbonyl (C=S) groups is 1. The lowest BCUT2D eigenvalue weighted by Gasteiger charge is -2.65. The summed E-state index contributed by atoms with van der Waals surface area (Å²) in [5.74, 6) is 5.61. The number of hydrogen-bond donors (Lipinski definition) is 3. The van der Waals surface area contributed by atoms with Gasteiger partial charge >= 0.3 is 0 Å². The first kappa shape index (κ1) is 24.6. The molecular weight excluding hydrogens is 446 g/mol. The molecule has 5 heteroatoms. The maximum absolute atomic E-state index is 6.79. The molecule has 4 saturated carbocycles. The second kappa shape index (κ2) is 8.80. The second-order valence-electron chi connectivity index (χ2n) is 13.7. The fourth-order valence-corrected chi connectivity index (χ4v) is 10.7. The number of fused-ring (bicyclic) bond motifs is 6. The van der Waals surface area contributed by atoms with Gasteiger partial charge < -0.3 is 5.32 Å². The van der Waals surface area contributed by atoms with Crippen LogP contribution in [0.2, 0.25) is 0 Å². The molecule has 0 radical (unpaired) electrons. The lowest BCUT2D eigenvalue weighted by atomic mass is 9.42. The van der Waals surface area contributed by atoms with E-state index in [0.717, 1.165) is 47.0 Å². The van der Waals surface area contributed by atoms with Crippen LogP contribution in [-0.4, -0.2) is 16.2 Å². The molecule has 1 spiro atoms. The molecule has 3 nitrogen and oxygen atoms in total. The van der Waals surface area contributed by atoms with E-state index in [1.165, 1.54) is 64.2 Å². The van der Waals surface area contributed by atoms with Gasteiger partial charge in [-0.15, -0.1) is 11.6 Å². The van der Waals surface area contributed by atoms with Crippen LogP contribution in [0.4, 0.5) is 0 Å². The highest BCUT2D eigenvalue weighted by atomic mass is 35.5. The summed E-state index contributed by atoms with van der Waals surface area (Å²) in [6, 6.07) is 0. The zero-order valence-electron chi connectivity index (χ0n) is 21.7. The molecule has 5 fully saturated rings. The minimum absolute atomic E-state index is 0.125. The Morgan fingerprint density at radius 2 is 1.73 bits per heavy atom. The monoisotopic (exact) mass is 493 g/mol. The third-order valence-corrected chi connectivity index (χ3v) is 12.3. The summed E-state index contributed by atoms with van der Waals surface area (Å²) < 4.78 is 0. The summed E-state index contributed by atoms with van der Waals surface area (Å²) in [4.78, 5) is 0. The van der Waals surface area contributed by atoms with Gasteiger partial charge in [0, 0.05) is 11.3 Å². The Bertz CT molecular complexity index is 759. The molecule has 1 saturated heterocycles. The van der Waals surface area contributed by atoms with Gasteiger partial charge in [-0.25, -0.2) is 5.43 Å². The van der Waals surface area contributed by atoms with Crippen LogP contribution in [0.25, 0.3) is 0 Å². The lowest BCUT2D eigenvalue weighted by molar-refractivity contribution is -0.154. The van der Waals surface area contributed by atoms with E-state index in [4.69, 9.17) is 23.8 Å². The molecule has 5 aliphatic rings. The number of hydrazine groups is 1. The second-order valence-corrected chi connectivity index (χ2v) is 14.7. The van der Waals surface area contributed by atoms with Crippen LogP contribution in [0, 0.1) is 52.3 Å². The summed E-state index contributed by atoms with van der Waals surface area (Å²) in [5.41, 5.74) is 7.73. The summed E-state index contributed by atoms with van der Waals surface area (Å²) >= 11 is 12.4. The van der Waals surface area contributed by atoms with Crippen molar-refractivity contribution in [1.29, 1.82) is 0 Å². The van der Waals surface area contributed by atoms with Crippen molar-refractivity contribution in [3.05, 3.63) is 0 Å². The van der Waals surface area contributed by atoms with E-state index in [-0.39, 0.29) is 5.66 Å². The number of hydrogen-bond acceptors (Lipinski definition) is 2. The fraction of sp³-hybridized carbons (Fsp3) is 0.964. The van der Waals surface area contributed by atoms with Gasteiger partial charge in [0.15, 0.2) is 5.11 Å². The van der Waals surface area contributed by atoms with E-state index in [1.54, 1.807) is 0 Å². The molecule has 0 amide bonds. The standard InChI is InChI=1S/C28H48ClN3S/c1-17(2)7-6-8-18(3)21-9-10-22-20-16-28(30-25(33)31-32-28)24-15-19(29)11-13-27(24,5)23(20)12-14-26(21,22)4/h17-24,32H,6-16H2,1-5H3,(H2,30,31,33). The molecule has 3 N–H and O–H groups in total. The topological polar surface area (TPSA) is 36.1 Å². The zero-order chi connectivity index (χ0) is 23.6. The highest BCUT2D eigenvalue weighted by Crippen LogP contribution is 2.69. The molecule has 5 rings (SSSR count). The van der Waals surface area contributed by atoms with Gasteiger partial charge in [0.2, 0.25) is 0 Å². The highest BCUT2D eigenvalue weighted by Gasteiger charge is 2.67. The van der Waals surface area contributed by atoms with Gasteiger partial charge in [0.05, 0.1) is 0 Å². The first-order chi connectivity index (χ1) is 15.6. The number of nitrogens with one attached hydrogen (secondary N) is 3. The first-order valence-corrected chi connectivity index (χ1v) is 14.9. The van der Waals surface area contributed by atoms with Crippen molar-refractivity contribution in [3.63, 3.8) is 0 Å². The zero-order valence-corrected chi connectivity index (χ0v) is 23.3. The van der Waals surface area contributed by atoms with Crippen molar-refractivity contribution in [2.45, 2.75) is 116 Å². The Morgan fingerprint density at radius 3 is 2.42 bits per heavy atom. The minimum atomic E-state index is -0.125. The normalized spacial score (nSPS) is 49.8. The van der Waals surface area contributed by atoms with Gasteiger partial charge in [-0.3, -0.25) is 5.43 Å². The Labute approximate surface area is 213 Å². The van der Waals surface area contributed by atoms with Crippen molar-refractivity contribution in [2.75, 3.05) is 0 Å². The van der Waals surface area contributed by atoms with E-state index < -0.39 is 0 Å². The maximum atomic E-state index is 6.79. The average Bonchev–Trinajstić information content (AvgIpc) is 3.29. The Kier molecular flexibility index (Phi) is 6.57. The van der Waals surface area contributed by atoms with E-state index in [1.807, 2.05) is 0 Å². The molecule has 4 aliphatic carbocycles. The predicted molar refractivity (Wildman–Crippen MR) is 143 cm³/mol. The van der Waals surface area contributed by atoms with Crippen molar-refractivity contribution in [2.24, 2.45) is 52.3 Å². The summed E-state index contributed by atoms with van der Waals surface area (Å²) in [5, 5.41) is 4.83. The molecule has 1 aliphatic heterocycles. The quantitative estimate of drug-likeness (QED) is 0.284. The maximum Gasteiger partial charge on any atom is 0.182 e. The van der Waals surface area contributed by atoms with Crippen molar-refractivity contribution >= 4 is 28.9 Å². The van der Waals surface area contributed by atoms with E-state index >= 15 is 0 Å². The molecule has 0 bridgehead atoms. The van der Waals surface area contributed by atoms with Crippen LogP contribution in [0.1, 0.15) is 105 Å². The predicted octanol–water partition coefficient (Wildman–Crippen LogP) is 7.00. The molecule has 10 unspecified atom stereocenters. The molecule has 0 aromatic carbocycles. The molecule has 10 atom stereocenters. The van der Waals surface area contributed by atoms with Crippen molar-refractivity contribution < 1.29 is 0 Å². The van der Waals surface area contributed by atoms with Crippen molar-refractivity contribution in [1.82, 2.24) is 16.2 Å². The van der Waals surface area contributed by atoms with Crippen LogP contribution >= 0.6 is 23.8 Å². The smallest absolute Gasteiger partial charge is 0.182 e. The van der Waals surface area contributed by atoms with Gasteiger partial charge in [-0.1, -0.05) is 53.9 Å². The fourth-order valence-electron chi connectivity index (χ4n) is 10.1. The van der Waals surface area contributed by atoms with Crippen LogP contribution in [-0.2, 0) is 0 Å². The summed E-state index contributed by atoms with van der Waals surface area (Å²) in [7, 11) is 0. The lowest BCUT2D eigenvalue weighted by Crippen LogP contribution is -2.70. The van der Waals surface area contributed by atoms with E-state index in [9.17, 15) is 0 Å². The Hall–Kier alpha value is -0.0600. The van der Waals surface area contributed by atoms with Gasteiger partial charge in [-0.2, -0.15) is 0 Å². The number of alkyl halides is 1. The van der Waals surface area contributed by atoms with E-state index in [0.29, 0.717) is 22.1 Å². The number of rotatable bonds is 5. The Morgan fingerprint density at radius 1 is 1.00 bits per heavy atom. The van der Waals surface area contributed by atoms with Gasteiger partial charge in [-0.05, 0) is 110 Å². The average molecular weight is 494 g/mol. The minimum Gasteiger partial charge on any atom is -0.342 e. The number of halogens is 1. The van der Waals surface area contributed by atoms with E-state index in [2.05, 4.69) is 50.8 Å². The molecular formula is C28H48ClN3S. The van der Waals surface area contributed by atoms with Crippen LogP contribution < -0.4 is 16.2 Å². The molecule has 0 aromatic heterocycles. The first-order valence-electron chi connectivity index (χ1n) is 14.1. The molecule has 188 valence electrons. The highest BCUT2D eigenvalue weighted by molar-refractivity contribution is 7.80. The molecule has 33 heavy (non-hydrogen) atoms. The third-order valence-electron chi connectivity index (χ3n) is 11.7. The SMILES string of the molecule is CC(C)CCCC(C)C1CCC2C3CC4(NNC(=S)N4)C4CC(Cl)CCC4(C)C3CCC12C. The molecule has 0 aromatic rings. The van der Waals surface area contributed by atoms with Crippen molar-refractivity contribution in [3.8, 4) is 0 Å². The van der Waals surface area contributed by atoms with Crippen LogP contribution in [0.5, 0.6) is 0 Å². The molecule has 1 heterocycles. The van der Waals surface area contributed by atoms with Gasteiger partial charge in [0.25, 0.3) is 0 Å². The third kappa shape index (κ3) is 3.97. The van der Waals surface area contributed by atoms with Crippen LogP contribution in [0.15, 0.2) is 0 Å². The summed E-state index contributed by atoms with van der Waals surface area (Å²) in [6.45, 7) is 12.6. The van der Waals surface area contributed by atoms with Gasteiger partial charge in [0.1, 0.15) is 5.66 Å². The van der Waals surface area contributed by atoms with Crippen LogP contribution in [0.3, 0.4) is 0 Å². The summed E-state index contributed by atoms with van der Waals surface area (Å²) in [6.07, 6.45) is 14.7. The Balaban J connectivity index is 1.41.